The lowest BCUT2D eigenvalue weighted by Crippen LogP contribution is -2.10. The molecule has 0 aliphatic carbocycles. The van der Waals surface area contributed by atoms with Gasteiger partial charge in [0.05, 0.1) is 11.1 Å². The molecule has 0 radical (unpaired) electrons. The van der Waals surface area contributed by atoms with Crippen LogP contribution in [0.3, 0.4) is 0 Å². The van der Waals surface area contributed by atoms with Crippen LogP contribution >= 0.6 is 11.3 Å². The Morgan fingerprint density at radius 1 is 1.27 bits per heavy atom. The van der Waals surface area contributed by atoms with E-state index in [1.807, 2.05) is 24.3 Å². The van der Waals surface area contributed by atoms with Crippen LogP contribution < -0.4 is 16.2 Å². The van der Waals surface area contributed by atoms with Crippen molar-refractivity contribution in [3.05, 3.63) is 47.0 Å². The summed E-state index contributed by atoms with van der Waals surface area (Å²) in [6.07, 6.45) is 2.49. The van der Waals surface area contributed by atoms with Crippen LogP contribution in [0.1, 0.15) is 22.2 Å². The van der Waals surface area contributed by atoms with Crippen LogP contribution in [-0.4, -0.2) is 10.9 Å². The summed E-state index contributed by atoms with van der Waals surface area (Å²) in [5.74, 6) is 0.788. The number of hydrogen-bond donors (Lipinski definition) is 2. The van der Waals surface area contributed by atoms with Crippen LogP contribution in [0.4, 0.5) is 5.69 Å². The van der Waals surface area contributed by atoms with E-state index < -0.39 is 5.91 Å². The predicted molar refractivity (Wildman–Crippen MR) is 88.4 cm³/mol. The number of thiophene rings is 1. The fourth-order valence-corrected chi connectivity index (χ4v) is 3.23. The van der Waals surface area contributed by atoms with Crippen molar-refractivity contribution < 1.29 is 9.53 Å². The number of aromatic nitrogens is 1. The third-order valence-electron chi connectivity index (χ3n) is 3.39. The number of hydrogen-bond acceptors (Lipinski definition) is 5. The molecule has 0 aliphatic rings. The third kappa shape index (κ3) is 2.37. The van der Waals surface area contributed by atoms with Crippen molar-refractivity contribution in [2.45, 2.75) is 13.3 Å². The molecular weight excluding hydrogens is 298 g/mol. The largest absolute Gasteiger partial charge is 0.456 e. The summed E-state index contributed by atoms with van der Waals surface area (Å²) in [4.78, 5) is 16.6. The number of rotatable bonds is 4. The molecule has 2 aromatic heterocycles. The second kappa shape index (κ2) is 5.65. The first kappa shape index (κ1) is 14.3. The molecular formula is C16H15N3O2S. The van der Waals surface area contributed by atoms with Crippen molar-refractivity contribution in [3.8, 4) is 11.5 Å². The molecule has 112 valence electrons. The molecule has 0 atom stereocenters. The Hall–Kier alpha value is -2.60. The van der Waals surface area contributed by atoms with Crippen molar-refractivity contribution in [2.24, 2.45) is 5.73 Å². The highest BCUT2D eigenvalue weighted by molar-refractivity contribution is 7.21. The van der Waals surface area contributed by atoms with Gasteiger partial charge in [0.15, 0.2) is 0 Å². The van der Waals surface area contributed by atoms with E-state index >= 15 is 0 Å². The number of primary amides is 1. The number of para-hydroxylation sites is 1. The highest BCUT2D eigenvalue weighted by Crippen LogP contribution is 2.40. The van der Waals surface area contributed by atoms with Gasteiger partial charge in [-0.3, -0.25) is 4.79 Å². The number of carbonyl (C=O) groups is 1. The van der Waals surface area contributed by atoms with E-state index in [2.05, 4.69) is 11.9 Å². The van der Waals surface area contributed by atoms with Crippen molar-refractivity contribution in [1.29, 1.82) is 0 Å². The number of fused-ring (bicyclic) bond motifs is 1. The summed E-state index contributed by atoms with van der Waals surface area (Å²) < 4.78 is 6.02. The number of benzene rings is 1. The number of aryl methyl sites for hydroxylation is 1. The summed E-state index contributed by atoms with van der Waals surface area (Å²) >= 11 is 1.18. The highest BCUT2D eigenvalue weighted by Gasteiger charge is 2.18. The smallest absolute Gasteiger partial charge is 0.260 e. The highest BCUT2D eigenvalue weighted by atomic mass is 32.1. The quantitative estimate of drug-likeness (QED) is 0.773. The summed E-state index contributed by atoms with van der Waals surface area (Å²) in [5, 5.41) is 0.632. The maximum atomic E-state index is 11.4. The third-order valence-corrected chi connectivity index (χ3v) is 4.52. The Morgan fingerprint density at radius 3 is 2.77 bits per heavy atom. The van der Waals surface area contributed by atoms with Gasteiger partial charge in [-0.25, -0.2) is 4.98 Å². The monoisotopic (exact) mass is 313 g/mol. The van der Waals surface area contributed by atoms with Gasteiger partial charge < -0.3 is 16.2 Å². The first-order valence-electron chi connectivity index (χ1n) is 6.84. The molecule has 5 nitrogen and oxygen atoms in total. The van der Waals surface area contributed by atoms with Gasteiger partial charge in [-0.2, -0.15) is 0 Å². The van der Waals surface area contributed by atoms with Gasteiger partial charge in [0.2, 0.25) is 0 Å². The number of amides is 1. The number of pyridine rings is 1. The standard InChI is InChI=1S/C16H15N3O2S/c1-2-9-5-3-4-6-10(9)21-11-7-8-19-16-12(11)13(17)14(22-16)15(18)20/h3-8H,2,17H2,1H3,(H2,18,20). The Balaban J connectivity index is 2.13. The van der Waals surface area contributed by atoms with Crippen LogP contribution in [-0.2, 0) is 6.42 Å². The Labute approximate surface area is 131 Å². The lowest BCUT2D eigenvalue weighted by atomic mass is 10.1. The van der Waals surface area contributed by atoms with E-state index in [4.69, 9.17) is 16.2 Å². The van der Waals surface area contributed by atoms with Gasteiger partial charge in [0.1, 0.15) is 21.2 Å². The molecule has 2 heterocycles. The van der Waals surface area contributed by atoms with Gasteiger partial charge in [-0.15, -0.1) is 11.3 Å². The molecule has 1 aromatic carbocycles. The zero-order valence-corrected chi connectivity index (χ0v) is 12.8. The van der Waals surface area contributed by atoms with E-state index in [9.17, 15) is 4.79 Å². The average molecular weight is 313 g/mol. The minimum Gasteiger partial charge on any atom is -0.456 e. The average Bonchev–Trinajstić information content (AvgIpc) is 2.86. The van der Waals surface area contributed by atoms with Crippen LogP contribution in [0.15, 0.2) is 36.5 Å². The lowest BCUT2D eigenvalue weighted by molar-refractivity contribution is 0.100. The minimum absolute atomic E-state index is 0.308. The SMILES string of the molecule is CCc1ccccc1Oc1ccnc2sc(C(N)=O)c(N)c12. The predicted octanol–water partition coefficient (Wildman–Crippen LogP) is 3.33. The molecule has 1 amide bonds. The maximum Gasteiger partial charge on any atom is 0.260 e. The molecule has 3 rings (SSSR count). The Kier molecular flexibility index (Phi) is 3.68. The van der Waals surface area contributed by atoms with E-state index in [1.165, 1.54) is 11.3 Å². The topological polar surface area (TPSA) is 91.2 Å². The fraction of sp³-hybridized carbons (Fsp3) is 0.125. The van der Waals surface area contributed by atoms with E-state index in [1.54, 1.807) is 12.3 Å². The van der Waals surface area contributed by atoms with Crippen molar-refractivity contribution in [3.63, 3.8) is 0 Å². The zero-order valence-electron chi connectivity index (χ0n) is 12.0. The number of ether oxygens (including phenoxy) is 1. The summed E-state index contributed by atoms with van der Waals surface area (Å²) in [6.45, 7) is 2.06. The Bertz CT molecular complexity index is 858. The number of carbonyl (C=O) groups excluding carboxylic acids is 1. The molecule has 0 saturated heterocycles. The summed E-state index contributed by atoms with van der Waals surface area (Å²) in [7, 11) is 0. The van der Waals surface area contributed by atoms with Crippen molar-refractivity contribution in [2.75, 3.05) is 5.73 Å². The van der Waals surface area contributed by atoms with Crippen molar-refractivity contribution >= 4 is 33.1 Å². The second-order valence-corrected chi connectivity index (χ2v) is 5.76. The summed E-state index contributed by atoms with van der Waals surface area (Å²) in [5.41, 5.74) is 12.8. The molecule has 4 N–H and O–H groups in total. The van der Waals surface area contributed by atoms with Crippen LogP contribution in [0.2, 0.25) is 0 Å². The molecule has 0 bridgehead atoms. The van der Waals surface area contributed by atoms with Gasteiger partial charge in [-0.05, 0) is 24.1 Å². The zero-order chi connectivity index (χ0) is 15.7. The lowest BCUT2D eigenvalue weighted by Gasteiger charge is -2.11. The van der Waals surface area contributed by atoms with Gasteiger partial charge in [0, 0.05) is 6.20 Å². The van der Waals surface area contributed by atoms with Crippen LogP contribution in [0.5, 0.6) is 11.5 Å². The molecule has 0 spiro atoms. The normalized spacial score (nSPS) is 10.8. The molecule has 0 aliphatic heterocycles. The number of nitrogen functional groups attached to an aromatic ring is 1. The van der Waals surface area contributed by atoms with Gasteiger partial charge in [-0.1, -0.05) is 25.1 Å². The molecule has 6 heteroatoms. The first-order chi connectivity index (χ1) is 10.6. The molecule has 22 heavy (non-hydrogen) atoms. The van der Waals surface area contributed by atoms with Crippen molar-refractivity contribution in [1.82, 2.24) is 4.98 Å². The molecule has 0 unspecified atom stereocenters. The minimum atomic E-state index is -0.555. The van der Waals surface area contributed by atoms with E-state index in [0.29, 0.717) is 26.5 Å². The molecule has 3 aromatic rings. The summed E-state index contributed by atoms with van der Waals surface area (Å²) in [6, 6.07) is 9.54. The number of nitrogens with zero attached hydrogens (tertiary/aromatic N) is 1. The molecule has 0 fully saturated rings. The van der Waals surface area contributed by atoms with Crippen LogP contribution in [0.25, 0.3) is 10.2 Å². The van der Waals surface area contributed by atoms with E-state index in [0.717, 1.165) is 17.7 Å². The Morgan fingerprint density at radius 2 is 2.05 bits per heavy atom. The number of nitrogens with two attached hydrogens (primary N) is 2. The molecule has 0 saturated carbocycles. The van der Waals surface area contributed by atoms with E-state index in [-0.39, 0.29) is 0 Å². The van der Waals surface area contributed by atoms with Gasteiger partial charge >= 0.3 is 0 Å². The van der Waals surface area contributed by atoms with Crippen LogP contribution in [0, 0.1) is 0 Å². The maximum absolute atomic E-state index is 11.4. The van der Waals surface area contributed by atoms with Gasteiger partial charge in [0.25, 0.3) is 5.91 Å². The second-order valence-electron chi connectivity index (χ2n) is 4.76. The number of anilines is 1. The first-order valence-corrected chi connectivity index (χ1v) is 7.66. The fourth-order valence-electron chi connectivity index (χ4n) is 2.30.